The number of rotatable bonds is 6. The van der Waals surface area contributed by atoms with Crippen molar-refractivity contribution in [3.63, 3.8) is 0 Å². The summed E-state index contributed by atoms with van der Waals surface area (Å²) in [5.74, 6) is 1.27. The molecule has 0 saturated carbocycles. The second-order valence-corrected chi connectivity index (χ2v) is 7.88. The number of amides is 1. The number of aromatic nitrogens is 2. The predicted molar refractivity (Wildman–Crippen MR) is 113 cm³/mol. The zero-order valence-corrected chi connectivity index (χ0v) is 16.8. The second kappa shape index (κ2) is 8.12. The molecule has 4 aromatic rings. The molecule has 5 nitrogen and oxygen atoms in total. The van der Waals surface area contributed by atoms with Crippen LogP contribution in [0.1, 0.15) is 11.3 Å². The molecule has 0 bridgehead atoms. The van der Waals surface area contributed by atoms with Crippen molar-refractivity contribution in [1.29, 1.82) is 0 Å². The van der Waals surface area contributed by atoms with Crippen molar-refractivity contribution < 1.29 is 9.32 Å². The van der Waals surface area contributed by atoms with E-state index in [4.69, 9.17) is 16.1 Å². The number of nitrogens with one attached hydrogen (secondary N) is 1. The minimum Gasteiger partial charge on any atom is -0.360 e. The Bertz CT molecular complexity index is 1120. The largest absolute Gasteiger partial charge is 0.360 e. The van der Waals surface area contributed by atoms with Crippen LogP contribution in [0.3, 0.4) is 0 Å². The van der Waals surface area contributed by atoms with E-state index in [1.54, 1.807) is 13.0 Å². The van der Waals surface area contributed by atoms with Crippen molar-refractivity contribution in [2.45, 2.75) is 18.4 Å². The van der Waals surface area contributed by atoms with E-state index in [9.17, 15) is 4.79 Å². The smallest absolute Gasteiger partial charge is 0.235 e. The van der Waals surface area contributed by atoms with Crippen LogP contribution in [0.4, 0.5) is 5.82 Å². The quantitative estimate of drug-likeness (QED) is 0.433. The van der Waals surface area contributed by atoms with E-state index in [-0.39, 0.29) is 5.91 Å². The van der Waals surface area contributed by atoms with Gasteiger partial charge in [0.1, 0.15) is 5.76 Å². The lowest BCUT2D eigenvalue weighted by atomic mass is 10.2. The number of carbonyl (C=O) groups excluding carboxylic acids is 1. The fourth-order valence-corrected chi connectivity index (χ4v) is 4.01. The highest BCUT2D eigenvalue weighted by molar-refractivity contribution is 8.00. The Morgan fingerprint density at radius 1 is 1.21 bits per heavy atom. The number of hydrogen-bond acceptors (Lipinski definition) is 4. The summed E-state index contributed by atoms with van der Waals surface area (Å²) in [6.07, 6.45) is 2.09. The summed E-state index contributed by atoms with van der Waals surface area (Å²) in [7, 11) is 0. The molecule has 7 heteroatoms. The molecule has 28 heavy (non-hydrogen) atoms. The molecule has 2 heterocycles. The van der Waals surface area contributed by atoms with Crippen LogP contribution < -0.4 is 5.32 Å². The molecular weight excluding hydrogens is 394 g/mol. The summed E-state index contributed by atoms with van der Waals surface area (Å²) < 4.78 is 7.16. The highest BCUT2D eigenvalue weighted by Gasteiger charge is 2.12. The Hall–Kier alpha value is -2.70. The lowest BCUT2D eigenvalue weighted by molar-refractivity contribution is -0.113. The van der Waals surface area contributed by atoms with E-state index in [1.807, 2.05) is 36.4 Å². The third kappa shape index (κ3) is 4.24. The number of benzene rings is 2. The van der Waals surface area contributed by atoms with Crippen molar-refractivity contribution in [3.05, 3.63) is 77.1 Å². The molecule has 0 spiro atoms. The van der Waals surface area contributed by atoms with E-state index < -0.39 is 0 Å². The van der Waals surface area contributed by atoms with Gasteiger partial charge < -0.3 is 14.4 Å². The van der Waals surface area contributed by atoms with Crippen LogP contribution in [0.15, 0.2) is 70.2 Å². The number of nitrogens with zero attached hydrogens (tertiary/aromatic N) is 2. The van der Waals surface area contributed by atoms with E-state index in [0.717, 1.165) is 27.4 Å². The molecule has 2 aromatic heterocycles. The number of thioether (sulfide) groups is 1. The monoisotopic (exact) mass is 411 g/mol. The summed E-state index contributed by atoms with van der Waals surface area (Å²) in [6.45, 7) is 2.52. The summed E-state index contributed by atoms with van der Waals surface area (Å²) in [5, 5.41) is 8.40. The fourth-order valence-electron chi connectivity index (χ4n) is 2.99. The maximum Gasteiger partial charge on any atom is 0.235 e. The third-order valence-electron chi connectivity index (χ3n) is 4.27. The van der Waals surface area contributed by atoms with E-state index in [0.29, 0.717) is 17.3 Å². The molecule has 0 atom stereocenters. The molecule has 0 aliphatic heterocycles. The first kappa shape index (κ1) is 18.7. The summed E-state index contributed by atoms with van der Waals surface area (Å²) in [4.78, 5) is 13.3. The Labute approximate surface area is 171 Å². The number of hydrogen-bond donors (Lipinski definition) is 1. The van der Waals surface area contributed by atoms with Crippen LogP contribution in [-0.2, 0) is 11.3 Å². The molecule has 4 rings (SSSR count). The zero-order chi connectivity index (χ0) is 19.5. The van der Waals surface area contributed by atoms with Crippen molar-refractivity contribution in [2.24, 2.45) is 0 Å². The van der Waals surface area contributed by atoms with Crippen LogP contribution in [0.2, 0.25) is 5.02 Å². The van der Waals surface area contributed by atoms with Gasteiger partial charge in [0, 0.05) is 39.6 Å². The van der Waals surface area contributed by atoms with Gasteiger partial charge in [-0.15, -0.1) is 11.8 Å². The van der Waals surface area contributed by atoms with Gasteiger partial charge in [0.05, 0.1) is 5.75 Å². The molecule has 1 amide bonds. The van der Waals surface area contributed by atoms with Crippen molar-refractivity contribution in [1.82, 2.24) is 9.72 Å². The molecule has 0 aliphatic carbocycles. The molecule has 0 radical (unpaired) electrons. The molecule has 0 aliphatic rings. The van der Waals surface area contributed by atoms with Crippen LogP contribution in [0, 0.1) is 6.92 Å². The normalized spacial score (nSPS) is 11.1. The van der Waals surface area contributed by atoms with E-state index in [2.05, 4.69) is 33.4 Å². The number of halogens is 1. The van der Waals surface area contributed by atoms with Gasteiger partial charge in [-0.3, -0.25) is 4.79 Å². The molecule has 1 N–H and O–H groups in total. The fraction of sp³-hybridized carbons (Fsp3) is 0.143. The minimum absolute atomic E-state index is 0.118. The number of carbonyl (C=O) groups is 1. The summed E-state index contributed by atoms with van der Waals surface area (Å²) >= 11 is 7.49. The first-order valence-corrected chi connectivity index (χ1v) is 10.1. The Morgan fingerprint density at radius 3 is 2.75 bits per heavy atom. The summed E-state index contributed by atoms with van der Waals surface area (Å²) in [5.41, 5.74) is 2.30. The van der Waals surface area contributed by atoms with Gasteiger partial charge >= 0.3 is 0 Å². The first-order valence-electron chi connectivity index (χ1n) is 8.77. The second-order valence-electron chi connectivity index (χ2n) is 6.42. The average Bonchev–Trinajstić information content (AvgIpc) is 3.25. The lowest BCUT2D eigenvalue weighted by Gasteiger charge is -2.05. The molecule has 0 saturated heterocycles. The Morgan fingerprint density at radius 2 is 2.00 bits per heavy atom. The molecular formula is C21H18ClN3O2S. The first-order chi connectivity index (χ1) is 13.6. The number of aryl methyl sites for hydroxylation is 1. The van der Waals surface area contributed by atoms with Gasteiger partial charge in [0.25, 0.3) is 0 Å². The van der Waals surface area contributed by atoms with Gasteiger partial charge in [-0.25, -0.2) is 0 Å². The maximum absolute atomic E-state index is 12.2. The van der Waals surface area contributed by atoms with Gasteiger partial charge in [0.15, 0.2) is 5.82 Å². The number of para-hydroxylation sites is 1. The highest BCUT2D eigenvalue weighted by Crippen LogP contribution is 2.30. The molecule has 142 valence electrons. The van der Waals surface area contributed by atoms with Crippen LogP contribution in [0.5, 0.6) is 0 Å². The van der Waals surface area contributed by atoms with Gasteiger partial charge in [-0.2, -0.15) is 0 Å². The number of anilines is 1. The van der Waals surface area contributed by atoms with Gasteiger partial charge in [-0.1, -0.05) is 47.1 Å². The average molecular weight is 412 g/mol. The van der Waals surface area contributed by atoms with Crippen molar-refractivity contribution in [3.8, 4) is 0 Å². The SMILES string of the molecule is Cc1cc(NC(=O)CSc2cn(Cc3ccc(Cl)cc3)c3ccccc23)no1. The summed E-state index contributed by atoms with van der Waals surface area (Å²) in [6, 6.07) is 17.7. The Balaban J connectivity index is 1.50. The van der Waals surface area contributed by atoms with Crippen LogP contribution >= 0.6 is 23.4 Å². The molecule has 2 aromatic carbocycles. The van der Waals surface area contributed by atoms with Crippen molar-refractivity contribution >= 4 is 46.0 Å². The van der Waals surface area contributed by atoms with Gasteiger partial charge in [-0.05, 0) is 30.7 Å². The predicted octanol–water partition coefficient (Wildman–Crippen LogP) is 5.37. The highest BCUT2D eigenvalue weighted by atomic mass is 35.5. The van der Waals surface area contributed by atoms with Crippen molar-refractivity contribution in [2.75, 3.05) is 11.1 Å². The van der Waals surface area contributed by atoms with Crippen LogP contribution in [-0.4, -0.2) is 21.4 Å². The maximum atomic E-state index is 12.2. The standard InChI is InChI=1S/C21H18ClN3O2S/c1-14-10-20(24-27-14)23-21(26)13-28-19-12-25(18-5-3-2-4-17(18)19)11-15-6-8-16(22)9-7-15/h2-10,12H,11,13H2,1H3,(H,23,24,26). The number of fused-ring (bicyclic) bond motifs is 1. The Kier molecular flexibility index (Phi) is 5.41. The van der Waals surface area contributed by atoms with E-state index in [1.165, 1.54) is 17.3 Å². The lowest BCUT2D eigenvalue weighted by Crippen LogP contribution is -2.14. The van der Waals surface area contributed by atoms with Gasteiger partial charge in [0.2, 0.25) is 5.91 Å². The molecule has 0 unspecified atom stereocenters. The third-order valence-corrected chi connectivity index (χ3v) is 5.57. The van der Waals surface area contributed by atoms with E-state index >= 15 is 0 Å². The molecule has 0 fully saturated rings. The van der Waals surface area contributed by atoms with Crippen LogP contribution in [0.25, 0.3) is 10.9 Å². The topological polar surface area (TPSA) is 60.1 Å². The zero-order valence-electron chi connectivity index (χ0n) is 15.2. The minimum atomic E-state index is -0.118.